The molecule has 2 aliphatic rings. The van der Waals surface area contributed by atoms with Crippen LogP contribution in [0.1, 0.15) is 0 Å². The molecule has 7 heteroatoms. The van der Waals surface area contributed by atoms with Gasteiger partial charge in [0, 0.05) is 7.11 Å². The molecule has 2 rings (SSSR count). The van der Waals surface area contributed by atoms with Gasteiger partial charge in [0.25, 0.3) is 0 Å². The van der Waals surface area contributed by atoms with Crippen molar-refractivity contribution in [2.45, 2.75) is 0 Å². The van der Waals surface area contributed by atoms with Crippen molar-refractivity contribution in [2.24, 2.45) is 0 Å². The Hall–Kier alpha value is -1.18. The Bertz CT molecular complexity index is 344. The molecule has 15 heavy (non-hydrogen) atoms. The summed E-state index contributed by atoms with van der Waals surface area (Å²) in [5, 5.41) is 6.25. The zero-order valence-corrected chi connectivity index (χ0v) is 8.97. The predicted octanol–water partition coefficient (Wildman–Crippen LogP) is 0.210. The zero-order valence-electron chi connectivity index (χ0n) is 8.16. The molecule has 0 amide bonds. The molecule has 82 valence electrons. The molecule has 0 aromatic carbocycles. The van der Waals surface area contributed by atoms with Crippen LogP contribution in [0.3, 0.4) is 0 Å². The second kappa shape index (κ2) is 4.13. The normalized spacial score (nSPS) is 19.7. The highest BCUT2D eigenvalue weighted by molar-refractivity contribution is 7.80. The Morgan fingerprint density at radius 2 is 2.40 bits per heavy atom. The summed E-state index contributed by atoms with van der Waals surface area (Å²) in [6.45, 7) is -0.176. The van der Waals surface area contributed by atoms with Gasteiger partial charge in [-0.25, -0.2) is 9.40 Å². The van der Waals surface area contributed by atoms with Crippen molar-refractivity contribution in [1.82, 2.24) is 20.9 Å². The van der Waals surface area contributed by atoms with E-state index in [2.05, 4.69) is 10.9 Å². The summed E-state index contributed by atoms with van der Waals surface area (Å²) in [4.78, 5) is 0.520. The summed E-state index contributed by atoms with van der Waals surface area (Å²) < 4.78 is 17.4. The molecule has 0 fully saturated rings. The molecule has 0 bridgehead atoms. The summed E-state index contributed by atoms with van der Waals surface area (Å²) in [5.41, 5.74) is 3.43. The highest BCUT2D eigenvalue weighted by Crippen LogP contribution is 2.16. The van der Waals surface area contributed by atoms with E-state index < -0.39 is 6.67 Å². The second-order valence-electron chi connectivity index (χ2n) is 3.10. The maximum atomic E-state index is 12.5. The van der Waals surface area contributed by atoms with E-state index in [-0.39, 0.29) is 0 Å². The van der Waals surface area contributed by atoms with E-state index in [4.69, 9.17) is 17.0 Å². The van der Waals surface area contributed by atoms with Crippen LogP contribution in [0, 0.1) is 0 Å². The van der Waals surface area contributed by atoms with Crippen LogP contribution in [0.2, 0.25) is 0 Å². The third kappa shape index (κ3) is 1.94. The van der Waals surface area contributed by atoms with Crippen molar-refractivity contribution in [3.05, 3.63) is 23.8 Å². The number of nitrogens with one attached hydrogen (secondary N) is 2. The van der Waals surface area contributed by atoms with Crippen LogP contribution in [0.25, 0.3) is 0 Å². The first-order valence-electron chi connectivity index (χ1n) is 4.36. The first-order chi connectivity index (χ1) is 7.24. The van der Waals surface area contributed by atoms with Gasteiger partial charge in [-0.1, -0.05) is 12.2 Å². The highest BCUT2D eigenvalue weighted by Gasteiger charge is 2.27. The SMILES string of the molecule is COCN1C=C2NC(CF)=CC(=S)N2N1. The molecule has 2 aliphatic heterocycles. The zero-order chi connectivity index (χ0) is 10.8. The van der Waals surface area contributed by atoms with Crippen LogP contribution >= 0.6 is 12.2 Å². The minimum atomic E-state index is -0.560. The lowest BCUT2D eigenvalue weighted by molar-refractivity contribution is 0.0428. The summed E-state index contributed by atoms with van der Waals surface area (Å²) in [5.74, 6) is 0.701. The molecule has 0 spiro atoms. The Balaban J connectivity index is 2.13. The topological polar surface area (TPSA) is 39.8 Å². The number of nitrogens with zero attached hydrogens (tertiary/aromatic N) is 2. The summed E-state index contributed by atoms with van der Waals surface area (Å²) in [6.07, 6.45) is 3.34. The maximum absolute atomic E-state index is 12.5. The number of thiocarbonyl (C=S) groups is 1. The second-order valence-corrected chi connectivity index (χ2v) is 3.52. The number of hydrogen-bond donors (Lipinski definition) is 2. The van der Waals surface area contributed by atoms with Gasteiger partial charge in [-0.3, -0.25) is 5.01 Å². The molecule has 0 aromatic rings. The smallest absolute Gasteiger partial charge is 0.145 e. The fraction of sp³-hybridized carbons (Fsp3) is 0.375. The quantitative estimate of drug-likeness (QED) is 0.675. The number of methoxy groups -OCH3 is 1. The Labute approximate surface area is 92.1 Å². The van der Waals surface area contributed by atoms with Crippen LogP contribution < -0.4 is 10.9 Å². The molecule has 0 radical (unpaired) electrons. The minimum absolute atomic E-state index is 0.384. The van der Waals surface area contributed by atoms with Crippen LogP contribution in [0.15, 0.2) is 23.8 Å². The molecule has 2 N–H and O–H groups in total. The first kappa shape index (κ1) is 10.3. The van der Waals surface area contributed by atoms with E-state index in [9.17, 15) is 4.39 Å². The highest BCUT2D eigenvalue weighted by atomic mass is 32.1. The van der Waals surface area contributed by atoms with Gasteiger partial charge in [0.1, 0.15) is 24.2 Å². The summed E-state index contributed by atoms with van der Waals surface area (Å²) in [7, 11) is 1.59. The van der Waals surface area contributed by atoms with Gasteiger partial charge in [0.05, 0.1) is 11.9 Å². The van der Waals surface area contributed by atoms with E-state index >= 15 is 0 Å². The Morgan fingerprint density at radius 1 is 1.60 bits per heavy atom. The average molecular weight is 230 g/mol. The van der Waals surface area contributed by atoms with Gasteiger partial charge in [-0.05, 0) is 6.08 Å². The van der Waals surface area contributed by atoms with Crippen molar-refractivity contribution in [3.63, 3.8) is 0 Å². The largest absolute Gasteiger partial charge is 0.363 e. The molecule has 0 saturated carbocycles. The third-order valence-corrected chi connectivity index (χ3v) is 2.27. The lowest BCUT2D eigenvalue weighted by Gasteiger charge is -2.27. The van der Waals surface area contributed by atoms with E-state index in [0.717, 1.165) is 0 Å². The van der Waals surface area contributed by atoms with Crippen LogP contribution in [-0.2, 0) is 4.74 Å². The van der Waals surface area contributed by atoms with E-state index in [1.54, 1.807) is 29.4 Å². The van der Waals surface area contributed by atoms with Crippen molar-refractivity contribution in [2.75, 3.05) is 20.5 Å². The molecule has 0 unspecified atom stereocenters. The van der Waals surface area contributed by atoms with E-state index in [1.165, 1.54) is 0 Å². The number of ether oxygens (including phenoxy) is 1. The fourth-order valence-electron chi connectivity index (χ4n) is 1.36. The Kier molecular flexibility index (Phi) is 2.85. The molecular formula is C8H11FN4OS. The van der Waals surface area contributed by atoms with Gasteiger partial charge >= 0.3 is 0 Å². The van der Waals surface area contributed by atoms with Gasteiger partial charge in [0.15, 0.2) is 0 Å². The lowest BCUT2D eigenvalue weighted by Crippen LogP contribution is -2.47. The summed E-state index contributed by atoms with van der Waals surface area (Å²) >= 11 is 5.10. The molecule has 0 aromatic heterocycles. The van der Waals surface area contributed by atoms with Gasteiger partial charge in [0.2, 0.25) is 0 Å². The number of hydrazine groups is 2. The van der Waals surface area contributed by atoms with Crippen LogP contribution in [-0.4, -0.2) is 35.5 Å². The number of halogens is 1. The third-order valence-electron chi connectivity index (χ3n) is 1.97. The molecule has 0 aliphatic carbocycles. The monoisotopic (exact) mass is 230 g/mol. The number of hydrogen-bond acceptors (Lipinski definition) is 5. The van der Waals surface area contributed by atoms with Crippen molar-refractivity contribution < 1.29 is 9.13 Å². The first-order valence-corrected chi connectivity index (χ1v) is 4.76. The fourth-order valence-corrected chi connectivity index (χ4v) is 1.65. The van der Waals surface area contributed by atoms with Gasteiger partial charge in [-0.2, -0.15) is 0 Å². The van der Waals surface area contributed by atoms with E-state index in [1.807, 2.05) is 0 Å². The maximum Gasteiger partial charge on any atom is 0.145 e. The standard InChI is InChI=1S/C8H11FN4OS/c1-14-5-12-4-7-10-6(3-9)2-8(15)13(7)11-12/h2,4,10-11H,3,5H2,1H3. The number of allylic oxidation sites excluding steroid dienone is 1. The lowest BCUT2D eigenvalue weighted by atomic mass is 10.3. The van der Waals surface area contributed by atoms with Gasteiger partial charge in [-0.15, -0.1) is 5.53 Å². The van der Waals surface area contributed by atoms with Crippen molar-refractivity contribution in [3.8, 4) is 0 Å². The summed E-state index contributed by atoms with van der Waals surface area (Å²) in [6, 6.07) is 0. The van der Waals surface area contributed by atoms with Crippen LogP contribution in [0.4, 0.5) is 4.39 Å². The number of fused-ring (bicyclic) bond motifs is 1. The Morgan fingerprint density at radius 3 is 3.07 bits per heavy atom. The van der Waals surface area contributed by atoms with Crippen molar-refractivity contribution >= 4 is 17.2 Å². The molecule has 0 saturated heterocycles. The predicted molar refractivity (Wildman–Crippen MR) is 56.6 cm³/mol. The van der Waals surface area contributed by atoms with Crippen molar-refractivity contribution in [1.29, 1.82) is 0 Å². The average Bonchev–Trinajstić information content (AvgIpc) is 2.61. The van der Waals surface area contributed by atoms with Gasteiger partial charge < -0.3 is 10.1 Å². The van der Waals surface area contributed by atoms with Crippen LogP contribution in [0.5, 0.6) is 0 Å². The molecule has 2 heterocycles. The molecule has 5 nitrogen and oxygen atoms in total. The number of rotatable bonds is 3. The molecular weight excluding hydrogens is 219 g/mol. The molecule has 0 atom stereocenters. The van der Waals surface area contributed by atoms with E-state index in [0.29, 0.717) is 23.2 Å². The minimum Gasteiger partial charge on any atom is -0.363 e. The number of alkyl halides is 1.